The Morgan fingerprint density at radius 3 is 3.13 bits per heavy atom. The van der Waals surface area contributed by atoms with Crippen LogP contribution in [0.1, 0.15) is 5.89 Å². The third-order valence-corrected chi connectivity index (χ3v) is 5.10. The van der Waals surface area contributed by atoms with Crippen molar-refractivity contribution in [3.63, 3.8) is 0 Å². The lowest BCUT2D eigenvalue weighted by Crippen LogP contribution is -2.20. The summed E-state index contributed by atoms with van der Waals surface area (Å²) in [7, 11) is 0. The summed E-state index contributed by atoms with van der Waals surface area (Å²) in [5, 5.41) is 1.11. The maximum Gasteiger partial charge on any atom is 0.191 e. The third kappa shape index (κ3) is 1.93. The van der Waals surface area contributed by atoms with Crippen LogP contribution in [0.25, 0.3) is 17.2 Å². The van der Waals surface area contributed by atoms with Crippen LogP contribution >= 0.6 is 11.8 Å². The van der Waals surface area contributed by atoms with E-state index in [-0.39, 0.29) is 0 Å². The normalized spacial score (nSPS) is 15.7. The van der Waals surface area contributed by atoms with Gasteiger partial charge in [0.05, 0.1) is 12.2 Å². The van der Waals surface area contributed by atoms with Crippen LogP contribution in [0.2, 0.25) is 0 Å². The Morgan fingerprint density at radius 2 is 2.26 bits per heavy atom. The highest BCUT2D eigenvalue weighted by molar-refractivity contribution is 8.14. The van der Waals surface area contributed by atoms with Gasteiger partial charge >= 0.3 is 0 Å². The maximum atomic E-state index is 5.32. The van der Waals surface area contributed by atoms with Crippen molar-refractivity contribution in [2.75, 3.05) is 18.0 Å². The van der Waals surface area contributed by atoms with Gasteiger partial charge in [-0.1, -0.05) is 0 Å². The molecule has 0 bridgehead atoms. The van der Waals surface area contributed by atoms with Crippen LogP contribution in [0.4, 0.5) is 5.69 Å². The minimum atomic E-state index is 0.637. The summed E-state index contributed by atoms with van der Waals surface area (Å²) in [5.41, 5.74) is 3.02. The highest BCUT2D eigenvalue weighted by Crippen LogP contribution is 2.43. The van der Waals surface area contributed by atoms with E-state index < -0.39 is 0 Å². The van der Waals surface area contributed by atoms with E-state index in [1.165, 1.54) is 10.6 Å². The van der Waals surface area contributed by atoms with Crippen LogP contribution in [0.5, 0.6) is 0 Å². The molecule has 0 saturated carbocycles. The minimum absolute atomic E-state index is 0.637. The largest absolute Gasteiger partial charge is 0.449 e. The molecule has 3 aromatic rings. The smallest absolute Gasteiger partial charge is 0.191 e. The molecule has 6 nitrogen and oxygen atoms in total. The molecule has 0 aliphatic carbocycles. The molecule has 0 radical (unpaired) electrons. The molecular weight excluding hydrogens is 310 g/mol. The Morgan fingerprint density at radius 1 is 1.30 bits per heavy atom. The van der Waals surface area contributed by atoms with Crippen molar-refractivity contribution in [1.29, 1.82) is 0 Å². The molecule has 0 N–H and O–H groups in total. The minimum Gasteiger partial charge on any atom is -0.449 e. The number of hydrogen-bond acceptors (Lipinski definition) is 6. The number of fused-ring (bicyclic) bond motifs is 3. The first-order chi connectivity index (χ1) is 11.3. The van der Waals surface area contributed by atoms with Gasteiger partial charge in [-0.3, -0.25) is 9.56 Å². The summed E-state index contributed by atoms with van der Waals surface area (Å²) in [6.45, 7) is 3.66. The molecule has 1 aromatic carbocycles. The van der Waals surface area contributed by atoms with E-state index in [0.29, 0.717) is 5.89 Å². The Bertz CT molecular complexity index is 942. The zero-order chi connectivity index (χ0) is 15.4. The highest BCUT2D eigenvalue weighted by atomic mass is 32.2. The van der Waals surface area contributed by atoms with Gasteiger partial charge in [0.2, 0.25) is 0 Å². The third-order valence-electron chi connectivity index (χ3n) is 4.00. The second-order valence-corrected chi connectivity index (χ2v) is 6.45. The zero-order valence-corrected chi connectivity index (χ0v) is 13.2. The van der Waals surface area contributed by atoms with Crippen molar-refractivity contribution in [2.24, 2.45) is 4.99 Å². The molecule has 114 valence electrons. The lowest BCUT2D eigenvalue weighted by molar-refractivity contribution is 0.521. The Labute approximate surface area is 136 Å². The number of aliphatic imine (C=N–C) groups is 1. The molecule has 5 rings (SSSR count). The number of aromatic nitrogens is 3. The summed E-state index contributed by atoms with van der Waals surface area (Å²) in [6, 6.07) is 6.44. The van der Waals surface area contributed by atoms with Gasteiger partial charge in [-0.05, 0) is 30.0 Å². The molecular formula is C16H13N5OS. The van der Waals surface area contributed by atoms with Crippen molar-refractivity contribution in [2.45, 2.75) is 11.8 Å². The maximum absolute atomic E-state index is 5.32. The summed E-state index contributed by atoms with van der Waals surface area (Å²) >= 11 is 1.74. The summed E-state index contributed by atoms with van der Waals surface area (Å²) in [5.74, 6) is 1.42. The lowest BCUT2D eigenvalue weighted by atomic mass is 10.2. The number of anilines is 1. The Balaban J connectivity index is 1.61. The molecule has 0 fully saturated rings. The van der Waals surface area contributed by atoms with E-state index in [0.717, 1.165) is 35.5 Å². The topological polar surface area (TPSA) is 59.5 Å². The average Bonchev–Trinajstić information content (AvgIpc) is 3.29. The predicted molar refractivity (Wildman–Crippen MR) is 89.3 cm³/mol. The van der Waals surface area contributed by atoms with Crippen LogP contribution in [0, 0.1) is 6.92 Å². The van der Waals surface area contributed by atoms with E-state index in [9.17, 15) is 0 Å². The molecule has 7 heteroatoms. The van der Waals surface area contributed by atoms with Crippen molar-refractivity contribution >= 4 is 22.6 Å². The molecule has 2 aliphatic heterocycles. The van der Waals surface area contributed by atoms with Crippen molar-refractivity contribution in [3.8, 4) is 17.2 Å². The van der Waals surface area contributed by atoms with E-state index in [1.54, 1.807) is 24.2 Å². The van der Waals surface area contributed by atoms with Crippen LogP contribution in [-0.2, 0) is 0 Å². The van der Waals surface area contributed by atoms with Crippen molar-refractivity contribution in [1.82, 2.24) is 14.5 Å². The lowest BCUT2D eigenvalue weighted by Gasteiger charge is -2.14. The van der Waals surface area contributed by atoms with Crippen LogP contribution < -0.4 is 4.90 Å². The molecule has 4 heterocycles. The van der Waals surface area contributed by atoms with Gasteiger partial charge in [-0.25, -0.2) is 9.97 Å². The molecule has 0 amide bonds. The average molecular weight is 323 g/mol. The van der Waals surface area contributed by atoms with Crippen molar-refractivity contribution in [3.05, 3.63) is 42.7 Å². The van der Waals surface area contributed by atoms with Crippen LogP contribution in [0.15, 0.2) is 51.2 Å². The number of imidazole rings is 1. The van der Waals surface area contributed by atoms with Gasteiger partial charge in [0.1, 0.15) is 12.0 Å². The molecule has 0 atom stereocenters. The molecule has 0 saturated heterocycles. The standard InChI is InChI=1S/C16H13N5OS/c1-10-19-12(9-22-10)15-17-4-6-20(15)11-2-3-14-13(8-11)21-7-5-18-16(21)23-14/h2-4,6,8-9H,5,7H2,1H3. The van der Waals surface area contributed by atoms with Gasteiger partial charge in [0.25, 0.3) is 0 Å². The summed E-state index contributed by atoms with van der Waals surface area (Å²) < 4.78 is 7.35. The number of benzene rings is 1. The molecule has 0 spiro atoms. The fourth-order valence-electron chi connectivity index (χ4n) is 2.96. The number of rotatable bonds is 2. The Kier molecular flexibility index (Phi) is 2.66. The highest BCUT2D eigenvalue weighted by Gasteiger charge is 2.29. The van der Waals surface area contributed by atoms with E-state index in [4.69, 9.17) is 4.42 Å². The first kappa shape index (κ1) is 13.0. The van der Waals surface area contributed by atoms with Gasteiger partial charge in [0.15, 0.2) is 16.9 Å². The van der Waals surface area contributed by atoms with Crippen LogP contribution in [0.3, 0.4) is 0 Å². The zero-order valence-electron chi connectivity index (χ0n) is 12.4. The fourth-order valence-corrected chi connectivity index (χ4v) is 4.02. The first-order valence-electron chi connectivity index (χ1n) is 7.40. The number of nitrogens with zero attached hydrogens (tertiary/aromatic N) is 5. The second kappa shape index (κ2) is 4.73. The monoisotopic (exact) mass is 323 g/mol. The molecule has 2 aliphatic rings. The SMILES string of the molecule is Cc1nc(-c2nccn2-c2ccc3c(c2)N2CCN=C2S3)co1. The van der Waals surface area contributed by atoms with Crippen molar-refractivity contribution < 1.29 is 4.42 Å². The number of amidine groups is 1. The second-order valence-electron chi connectivity index (χ2n) is 5.44. The van der Waals surface area contributed by atoms with Crippen LogP contribution in [-0.4, -0.2) is 32.8 Å². The van der Waals surface area contributed by atoms with E-state index in [2.05, 4.69) is 38.1 Å². The van der Waals surface area contributed by atoms with Gasteiger partial charge in [0, 0.05) is 36.4 Å². The van der Waals surface area contributed by atoms with Gasteiger partial charge in [-0.2, -0.15) is 0 Å². The van der Waals surface area contributed by atoms with E-state index >= 15 is 0 Å². The summed E-state index contributed by atoms with van der Waals surface area (Å²) in [6.07, 6.45) is 5.37. The molecule has 0 unspecified atom stereocenters. The quantitative estimate of drug-likeness (QED) is 0.725. The summed E-state index contributed by atoms with van der Waals surface area (Å²) in [4.78, 5) is 16.9. The molecule has 2 aromatic heterocycles. The number of aryl methyl sites for hydroxylation is 1. The van der Waals surface area contributed by atoms with E-state index in [1.807, 2.05) is 17.7 Å². The number of oxazole rings is 1. The Hall–Kier alpha value is -2.54. The van der Waals surface area contributed by atoms with Gasteiger partial charge in [-0.15, -0.1) is 0 Å². The number of hydrogen-bond donors (Lipinski definition) is 0. The molecule has 23 heavy (non-hydrogen) atoms. The fraction of sp³-hybridized carbons (Fsp3) is 0.188. The predicted octanol–water partition coefficient (Wildman–Crippen LogP) is 3.12. The number of thioether (sulfide) groups is 1. The first-order valence-corrected chi connectivity index (χ1v) is 8.21. The van der Waals surface area contributed by atoms with Gasteiger partial charge < -0.3 is 9.32 Å².